The molecule has 2 aromatic carbocycles. The molecular weight excluding hydrogens is 372 g/mol. The Morgan fingerprint density at radius 2 is 1.73 bits per heavy atom. The van der Waals surface area contributed by atoms with E-state index in [0.29, 0.717) is 23.7 Å². The summed E-state index contributed by atoms with van der Waals surface area (Å²) >= 11 is 6.12. The second-order valence-corrected chi connectivity index (χ2v) is 8.32. The number of carbonyl (C=O) groups excluding carboxylic acids is 1. The highest BCUT2D eigenvalue weighted by molar-refractivity contribution is 7.92. The fourth-order valence-corrected chi connectivity index (χ4v) is 4.13. The van der Waals surface area contributed by atoms with Crippen molar-refractivity contribution in [2.75, 3.05) is 17.1 Å². The monoisotopic (exact) mass is 394 g/mol. The normalized spacial score (nSPS) is 12.4. The zero-order valence-corrected chi connectivity index (χ0v) is 16.4. The number of aryl methyl sites for hydroxylation is 1. The number of sulfonamides is 1. The molecule has 140 valence electrons. The summed E-state index contributed by atoms with van der Waals surface area (Å²) in [7, 11) is -3.59. The van der Waals surface area contributed by atoms with Crippen LogP contribution in [0.5, 0.6) is 0 Å². The van der Waals surface area contributed by atoms with Crippen LogP contribution in [0.3, 0.4) is 0 Å². The van der Waals surface area contributed by atoms with Crippen molar-refractivity contribution in [3.05, 3.63) is 65.2 Å². The van der Waals surface area contributed by atoms with Gasteiger partial charge in [-0.15, -0.1) is 0 Å². The van der Waals surface area contributed by atoms with E-state index in [-0.39, 0.29) is 5.91 Å². The molecule has 0 aromatic heterocycles. The quantitative estimate of drug-likeness (QED) is 0.699. The molecule has 1 N–H and O–H groups in total. The molecule has 0 heterocycles. The number of nitrogens with zero attached hydrogens (tertiary/aromatic N) is 1. The third-order valence-electron chi connectivity index (χ3n) is 3.98. The fourth-order valence-electron chi connectivity index (χ4n) is 2.72. The predicted octanol–water partition coefficient (Wildman–Crippen LogP) is 3.24. The standard InChI is InChI=1S/C19H23ClN2O3S/c1-15(22(26(2,24)25)17-11-4-3-5-12-17)19(23)21-14-8-10-16-9-6-7-13-18(16)20/h3-7,9,11-13,15H,8,10,14H2,1-2H3,(H,21,23)/t15-/m0/s1. The summed E-state index contributed by atoms with van der Waals surface area (Å²) in [6.07, 6.45) is 2.55. The van der Waals surface area contributed by atoms with Gasteiger partial charge in [0.05, 0.1) is 11.9 Å². The van der Waals surface area contributed by atoms with Gasteiger partial charge < -0.3 is 5.32 Å². The molecule has 1 atom stereocenters. The Hall–Kier alpha value is -2.05. The Labute approximate surface area is 160 Å². The number of hydrogen-bond acceptors (Lipinski definition) is 3. The van der Waals surface area contributed by atoms with E-state index in [1.54, 1.807) is 37.3 Å². The van der Waals surface area contributed by atoms with Crippen LogP contribution in [0.15, 0.2) is 54.6 Å². The van der Waals surface area contributed by atoms with Crippen LogP contribution in [0, 0.1) is 0 Å². The lowest BCUT2D eigenvalue weighted by Gasteiger charge is -2.28. The van der Waals surface area contributed by atoms with E-state index in [9.17, 15) is 13.2 Å². The van der Waals surface area contributed by atoms with Gasteiger partial charge in [0.1, 0.15) is 6.04 Å². The summed E-state index contributed by atoms with van der Waals surface area (Å²) in [6, 6.07) is 15.4. The second kappa shape index (κ2) is 9.05. The third-order valence-corrected chi connectivity index (χ3v) is 5.59. The smallest absolute Gasteiger partial charge is 0.243 e. The number of rotatable bonds is 8. The van der Waals surface area contributed by atoms with Crippen LogP contribution in [0.1, 0.15) is 18.9 Å². The maximum atomic E-state index is 12.4. The number of nitrogens with one attached hydrogen (secondary N) is 1. The van der Waals surface area contributed by atoms with Gasteiger partial charge in [0.25, 0.3) is 0 Å². The maximum absolute atomic E-state index is 12.4. The van der Waals surface area contributed by atoms with Crippen LogP contribution < -0.4 is 9.62 Å². The average Bonchev–Trinajstić information content (AvgIpc) is 2.59. The molecule has 0 saturated heterocycles. The lowest BCUT2D eigenvalue weighted by atomic mass is 10.1. The molecule has 2 aromatic rings. The van der Waals surface area contributed by atoms with E-state index in [1.165, 1.54) is 0 Å². The van der Waals surface area contributed by atoms with Crippen LogP contribution in [0.25, 0.3) is 0 Å². The van der Waals surface area contributed by atoms with Gasteiger partial charge in [-0.05, 0) is 43.5 Å². The molecule has 26 heavy (non-hydrogen) atoms. The molecule has 0 saturated carbocycles. The lowest BCUT2D eigenvalue weighted by molar-refractivity contribution is -0.121. The van der Waals surface area contributed by atoms with Gasteiger partial charge in [-0.2, -0.15) is 0 Å². The van der Waals surface area contributed by atoms with E-state index >= 15 is 0 Å². The molecule has 7 heteroatoms. The molecule has 2 rings (SSSR count). The third kappa shape index (κ3) is 5.47. The van der Waals surface area contributed by atoms with Crippen LogP contribution in [0.2, 0.25) is 5.02 Å². The van der Waals surface area contributed by atoms with E-state index < -0.39 is 16.1 Å². The number of amides is 1. The summed E-state index contributed by atoms with van der Waals surface area (Å²) < 4.78 is 25.5. The van der Waals surface area contributed by atoms with Crippen molar-refractivity contribution in [2.45, 2.75) is 25.8 Å². The minimum Gasteiger partial charge on any atom is -0.354 e. The first-order valence-electron chi connectivity index (χ1n) is 8.36. The van der Waals surface area contributed by atoms with E-state index in [4.69, 9.17) is 11.6 Å². The summed E-state index contributed by atoms with van der Waals surface area (Å²) in [6.45, 7) is 2.03. The lowest BCUT2D eigenvalue weighted by Crippen LogP contribution is -2.48. The Kier molecular flexibility index (Phi) is 7.06. The molecule has 0 aliphatic rings. The molecule has 0 aliphatic heterocycles. The SMILES string of the molecule is C[C@@H](C(=O)NCCCc1ccccc1Cl)N(c1ccccc1)S(C)(=O)=O. The van der Waals surface area contributed by atoms with Crippen LogP contribution in [-0.2, 0) is 21.2 Å². The first kappa shape index (κ1) is 20.3. The highest BCUT2D eigenvalue weighted by atomic mass is 35.5. The molecule has 0 radical (unpaired) electrons. The molecule has 5 nitrogen and oxygen atoms in total. The predicted molar refractivity (Wildman–Crippen MR) is 106 cm³/mol. The largest absolute Gasteiger partial charge is 0.354 e. The second-order valence-electron chi connectivity index (χ2n) is 6.06. The number of benzene rings is 2. The first-order chi connectivity index (χ1) is 12.3. The summed E-state index contributed by atoms with van der Waals surface area (Å²) in [5, 5.41) is 3.51. The van der Waals surface area contributed by atoms with Crippen molar-refractivity contribution in [3.8, 4) is 0 Å². The minimum absolute atomic E-state index is 0.335. The van der Waals surface area contributed by atoms with Crippen molar-refractivity contribution in [1.29, 1.82) is 0 Å². The molecule has 0 bridgehead atoms. The first-order valence-corrected chi connectivity index (χ1v) is 10.6. The molecule has 0 fully saturated rings. The van der Waals surface area contributed by atoms with Crippen molar-refractivity contribution >= 4 is 33.2 Å². The fraction of sp³-hybridized carbons (Fsp3) is 0.316. The molecule has 1 amide bonds. The van der Waals surface area contributed by atoms with Gasteiger partial charge in [0.15, 0.2) is 0 Å². The number of halogens is 1. The van der Waals surface area contributed by atoms with E-state index in [2.05, 4.69) is 5.32 Å². The van der Waals surface area contributed by atoms with Crippen molar-refractivity contribution in [2.24, 2.45) is 0 Å². The van der Waals surface area contributed by atoms with Gasteiger partial charge in [0, 0.05) is 11.6 Å². The van der Waals surface area contributed by atoms with Crippen LogP contribution in [0.4, 0.5) is 5.69 Å². The van der Waals surface area contributed by atoms with Gasteiger partial charge in [-0.1, -0.05) is 48.0 Å². The number of hydrogen-bond donors (Lipinski definition) is 1. The summed E-state index contributed by atoms with van der Waals surface area (Å²) in [5.74, 6) is -0.335. The van der Waals surface area contributed by atoms with Gasteiger partial charge in [-0.25, -0.2) is 8.42 Å². The van der Waals surface area contributed by atoms with E-state index in [0.717, 1.165) is 22.5 Å². The van der Waals surface area contributed by atoms with E-state index in [1.807, 2.05) is 24.3 Å². The zero-order chi connectivity index (χ0) is 19.2. The Morgan fingerprint density at radius 3 is 2.35 bits per heavy atom. The maximum Gasteiger partial charge on any atom is 0.243 e. The van der Waals surface area contributed by atoms with Gasteiger partial charge >= 0.3 is 0 Å². The highest BCUT2D eigenvalue weighted by Gasteiger charge is 2.28. The van der Waals surface area contributed by atoms with Crippen LogP contribution >= 0.6 is 11.6 Å². The highest BCUT2D eigenvalue weighted by Crippen LogP contribution is 2.20. The minimum atomic E-state index is -3.59. The number of carbonyl (C=O) groups is 1. The Morgan fingerprint density at radius 1 is 1.12 bits per heavy atom. The van der Waals surface area contributed by atoms with Crippen molar-refractivity contribution in [1.82, 2.24) is 5.32 Å². The molecule has 0 unspecified atom stereocenters. The Balaban J connectivity index is 1.96. The molecule has 0 aliphatic carbocycles. The molecule has 0 spiro atoms. The number of para-hydroxylation sites is 1. The van der Waals surface area contributed by atoms with Gasteiger partial charge in [-0.3, -0.25) is 9.10 Å². The summed E-state index contributed by atoms with van der Waals surface area (Å²) in [5.41, 5.74) is 1.49. The average molecular weight is 395 g/mol. The molecular formula is C19H23ClN2O3S. The Bertz CT molecular complexity index is 841. The number of anilines is 1. The topological polar surface area (TPSA) is 66.5 Å². The van der Waals surface area contributed by atoms with Crippen LogP contribution in [-0.4, -0.2) is 33.2 Å². The van der Waals surface area contributed by atoms with Crippen molar-refractivity contribution in [3.63, 3.8) is 0 Å². The van der Waals surface area contributed by atoms with Gasteiger partial charge in [0.2, 0.25) is 15.9 Å². The zero-order valence-electron chi connectivity index (χ0n) is 14.9. The summed E-state index contributed by atoms with van der Waals surface area (Å²) in [4.78, 5) is 12.4. The van der Waals surface area contributed by atoms with Crippen molar-refractivity contribution < 1.29 is 13.2 Å².